The van der Waals surface area contributed by atoms with Crippen molar-refractivity contribution < 1.29 is 46.7 Å². The lowest BCUT2D eigenvalue weighted by Crippen LogP contribution is -2.67. The van der Waals surface area contributed by atoms with Crippen molar-refractivity contribution in [3.8, 4) is 0 Å². The van der Waals surface area contributed by atoms with Crippen molar-refractivity contribution in [2.24, 2.45) is 5.41 Å². The molecule has 298 valence electrons. The normalized spacial score (nSPS) is 25.4. The molecule has 16 nitrogen and oxygen atoms in total. The van der Waals surface area contributed by atoms with E-state index in [2.05, 4.69) is 39.9 Å². The van der Waals surface area contributed by atoms with E-state index in [9.17, 15) is 37.2 Å². The van der Waals surface area contributed by atoms with Gasteiger partial charge in [-0.25, -0.2) is 18.0 Å². The quantitative estimate of drug-likeness (QED) is 0.223. The summed E-state index contributed by atoms with van der Waals surface area (Å²) in [6, 6.07) is 3.26. The molecule has 0 spiro atoms. The molecule has 0 unspecified atom stereocenters. The van der Waals surface area contributed by atoms with Gasteiger partial charge < -0.3 is 30.3 Å². The van der Waals surface area contributed by atoms with Crippen LogP contribution in [-0.2, 0) is 58.2 Å². The number of fused-ring (bicyclic) bond motifs is 3. The molecule has 3 aliphatic heterocycles. The molecule has 17 heteroatoms. The fourth-order valence-electron chi connectivity index (χ4n) is 7.67. The number of rotatable bonds is 8. The number of benzene rings is 1. The maximum atomic E-state index is 14.4. The second kappa shape index (κ2) is 15.7. The van der Waals surface area contributed by atoms with Crippen molar-refractivity contribution in [1.29, 1.82) is 0 Å². The zero-order valence-electron chi connectivity index (χ0n) is 31.3. The van der Waals surface area contributed by atoms with Gasteiger partial charge in [0.15, 0.2) is 0 Å². The molecule has 4 bridgehead atoms. The van der Waals surface area contributed by atoms with E-state index in [0.29, 0.717) is 31.5 Å². The van der Waals surface area contributed by atoms with E-state index < -0.39 is 86.8 Å². The summed E-state index contributed by atoms with van der Waals surface area (Å²) in [7, 11) is -3.95. The summed E-state index contributed by atoms with van der Waals surface area (Å²) in [5.74, 6) is -3.12. The van der Waals surface area contributed by atoms with Gasteiger partial charge in [-0.3, -0.25) is 28.8 Å². The van der Waals surface area contributed by atoms with E-state index in [1.807, 2.05) is 26.0 Å². The summed E-state index contributed by atoms with van der Waals surface area (Å²) >= 11 is 0. The van der Waals surface area contributed by atoms with Gasteiger partial charge in [-0.05, 0) is 60.3 Å². The summed E-state index contributed by atoms with van der Waals surface area (Å²) in [5.41, 5.74) is 1.78. The molecule has 1 saturated heterocycles. The van der Waals surface area contributed by atoms with Crippen LogP contribution in [0.25, 0.3) is 0 Å². The van der Waals surface area contributed by atoms with Crippen LogP contribution in [0.5, 0.6) is 0 Å². The van der Waals surface area contributed by atoms with Crippen LogP contribution in [0.15, 0.2) is 43.0 Å². The highest BCUT2D eigenvalue weighted by atomic mass is 32.2. The molecule has 0 radical (unpaired) electrons. The second-order valence-corrected chi connectivity index (χ2v) is 18.1. The number of hydrogen-bond acceptors (Lipinski definition) is 10. The van der Waals surface area contributed by atoms with Crippen molar-refractivity contribution in [3.05, 3.63) is 59.7 Å². The van der Waals surface area contributed by atoms with E-state index in [1.54, 1.807) is 4.90 Å². The van der Waals surface area contributed by atoms with Crippen molar-refractivity contribution in [2.75, 3.05) is 19.7 Å². The lowest BCUT2D eigenvalue weighted by molar-refractivity contribution is -0.142. The Bertz CT molecular complexity index is 1880. The van der Waals surface area contributed by atoms with Crippen molar-refractivity contribution >= 4 is 45.8 Å². The Morgan fingerprint density at radius 1 is 1.07 bits per heavy atom. The number of cyclic esters (lactones) is 1. The molecule has 1 aromatic carbocycles. The van der Waals surface area contributed by atoms with E-state index in [4.69, 9.17) is 9.47 Å². The summed E-state index contributed by atoms with van der Waals surface area (Å²) in [6.45, 7) is 11.3. The average molecular weight is 783 g/mol. The van der Waals surface area contributed by atoms with Crippen LogP contribution in [0.3, 0.4) is 0 Å². The summed E-state index contributed by atoms with van der Waals surface area (Å²) in [6.07, 6.45) is 2.38. The van der Waals surface area contributed by atoms with Crippen LogP contribution >= 0.6 is 0 Å². The van der Waals surface area contributed by atoms with Crippen LogP contribution in [0, 0.1) is 5.41 Å². The maximum Gasteiger partial charge on any atom is 0.410 e. The molecule has 4 N–H and O–H groups in total. The van der Waals surface area contributed by atoms with Crippen molar-refractivity contribution in [2.45, 2.75) is 114 Å². The topological polar surface area (TPSA) is 210 Å². The van der Waals surface area contributed by atoms with E-state index in [-0.39, 0.29) is 32.4 Å². The predicted molar refractivity (Wildman–Crippen MR) is 198 cm³/mol. The lowest BCUT2D eigenvalue weighted by atomic mass is 9.72. The van der Waals surface area contributed by atoms with Gasteiger partial charge in [0.2, 0.25) is 27.7 Å². The summed E-state index contributed by atoms with van der Waals surface area (Å²) in [5, 5.41) is 7.05. The van der Waals surface area contributed by atoms with E-state index in [1.165, 1.54) is 0 Å². The SMILES string of the molecule is C=CC(=O)NC[C@@H]1NC(=O)OCC(C)(C)CCCCc2cccc3c2CN(C3)C(=O)O[C@@H]2C[C@@H](C(=O)NC3(C(=O)NS(=O)(=O)C4CC4)CC(=C)C3)N(C2)C1=O. The minimum absolute atomic E-state index is 0.0265. The molecule has 5 aliphatic rings. The van der Waals surface area contributed by atoms with Crippen LogP contribution in [0.4, 0.5) is 9.59 Å². The average Bonchev–Trinajstić information content (AvgIpc) is 3.77. The van der Waals surface area contributed by atoms with Gasteiger partial charge in [-0.15, -0.1) is 0 Å². The largest absolute Gasteiger partial charge is 0.449 e. The smallest absolute Gasteiger partial charge is 0.410 e. The molecule has 3 fully saturated rings. The fourth-order valence-corrected chi connectivity index (χ4v) is 9.05. The highest BCUT2D eigenvalue weighted by Crippen LogP contribution is 2.38. The van der Waals surface area contributed by atoms with Gasteiger partial charge in [-0.1, -0.05) is 57.2 Å². The van der Waals surface area contributed by atoms with Crippen LogP contribution in [0.1, 0.15) is 81.9 Å². The summed E-state index contributed by atoms with van der Waals surface area (Å²) in [4.78, 5) is 83.7. The fraction of sp³-hybridized carbons (Fsp3) is 0.579. The van der Waals surface area contributed by atoms with Gasteiger partial charge >= 0.3 is 12.2 Å². The van der Waals surface area contributed by atoms with Crippen molar-refractivity contribution in [3.63, 3.8) is 0 Å². The maximum absolute atomic E-state index is 14.4. The van der Waals surface area contributed by atoms with Crippen LogP contribution in [-0.4, -0.2) is 103 Å². The third-order valence-corrected chi connectivity index (χ3v) is 12.8. The molecule has 0 aromatic heterocycles. The first-order chi connectivity index (χ1) is 26.0. The molecule has 3 heterocycles. The van der Waals surface area contributed by atoms with Gasteiger partial charge in [0.05, 0.1) is 18.4 Å². The number of nitrogens with zero attached hydrogens (tertiary/aromatic N) is 2. The minimum Gasteiger partial charge on any atom is -0.449 e. The molecule has 6 amide bonds. The first-order valence-electron chi connectivity index (χ1n) is 18.7. The standard InChI is InChI=1S/C38H50N6O10S/c1-5-31(45)39-18-29-33(47)44-20-26(15-30(44)32(46)41-38(16-23(2)17-38)34(48)42-55(51,52)27-12-13-27)54-36(50)43-19-25-11-8-10-24(28(25)21-43)9-6-7-14-37(3,4)22-53-35(49)40-29/h5,8,10-11,26-27,29-30H,1-2,6-7,9,12-22H2,3-4H3,(H,39,45)(H,40,49)(H,41,46)(H,42,48)/t26-,29+,30+/m1/s1. The number of alkyl carbamates (subject to hydrolysis) is 1. The number of ether oxygens (including phenoxy) is 2. The molecule has 1 aromatic rings. The van der Waals surface area contributed by atoms with Gasteiger partial charge in [-0.2, -0.15) is 0 Å². The molecule has 6 rings (SSSR count). The molecule has 2 aliphatic carbocycles. The number of sulfonamides is 1. The minimum atomic E-state index is -3.95. The predicted octanol–water partition coefficient (Wildman–Crippen LogP) is 2.07. The van der Waals surface area contributed by atoms with E-state index >= 15 is 0 Å². The molecular formula is C38H50N6O10S. The van der Waals surface area contributed by atoms with E-state index in [0.717, 1.165) is 53.3 Å². The Balaban J connectivity index is 1.28. The van der Waals surface area contributed by atoms with Gasteiger partial charge in [0.25, 0.3) is 5.91 Å². The number of aryl methyl sites for hydroxylation is 1. The third-order valence-electron chi connectivity index (χ3n) is 11.0. The highest BCUT2D eigenvalue weighted by molar-refractivity contribution is 7.91. The Morgan fingerprint density at radius 2 is 1.80 bits per heavy atom. The Kier molecular flexibility index (Phi) is 11.3. The lowest BCUT2D eigenvalue weighted by Gasteiger charge is -2.43. The Labute approximate surface area is 320 Å². The Hall–Kier alpha value is -4.93. The van der Waals surface area contributed by atoms with Gasteiger partial charge in [0, 0.05) is 38.9 Å². The van der Waals surface area contributed by atoms with Gasteiger partial charge in [0.1, 0.15) is 23.7 Å². The second-order valence-electron chi connectivity index (χ2n) is 16.1. The third kappa shape index (κ3) is 9.14. The zero-order chi connectivity index (χ0) is 39.7. The summed E-state index contributed by atoms with van der Waals surface area (Å²) < 4.78 is 39.0. The number of carbonyl (C=O) groups excluding carboxylic acids is 6. The number of carbonyl (C=O) groups is 6. The number of nitrogens with one attached hydrogen (secondary N) is 4. The van der Waals surface area contributed by atoms with Crippen LogP contribution < -0.4 is 20.7 Å². The molecule has 3 atom stereocenters. The molecule has 2 saturated carbocycles. The number of amides is 6. The van der Waals surface area contributed by atoms with Crippen LogP contribution in [0.2, 0.25) is 0 Å². The Morgan fingerprint density at radius 3 is 2.49 bits per heavy atom. The molecular weight excluding hydrogens is 733 g/mol. The highest BCUT2D eigenvalue weighted by Gasteiger charge is 2.53. The molecule has 55 heavy (non-hydrogen) atoms. The number of hydrogen-bond donors (Lipinski definition) is 4. The first-order valence-corrected chi connectivity index (χ1v) is 20.3. The monoisotopic (exact) mass is 782 g/mol. The first kappa shape index (κ1) is 39.8. The zero-order valence-corrected chi connectivity index (χ0v) is 32.1. The van der Waals surface area contributed by atoms with Crippen molar-refractivity contribution in [1.82, 2.24) is 30.5 Å².